The maximum Gasteiger partial charge on any atom is 0.273 e. The fourth-order valence-corrected chi connectivity index (χ4v) is 1.33. The number of rotatable bonds is 2. The first kappa shape index (κ1) is 9.79. The minimum absolute atomic E-state index is 0.270. The molecule has 2 rings (SSSR count). The lowest BCUT2D eigenvalue weighted by molar-refractivity contribution is 0.102. The molecular formula is C9H9ClN4O. The number of aromatic nitrogens is 3. The zero-order valence-electron chi connectivity index (χ0n) is 7.97. The van der Waals surface area contributed by atoms with Crippen molar-refractivity contribution < 1.29 is 4.79 Å². The zero-order valence-corrected chi connectivity index (χ0v) is 8.72. The third-order valence-corrected chi connectivity index (χ3v) is 2.06. The molecule has 0 bridgehead atoms. The zero-order chi connectivity index (χ0) is 10.8. The van der Waals surface area contributed by atoms with E-state index < -0.39 is 0 Å². The number of aromatic amines is 2. The van der Waals surface area contributed by atoms with Crippen LogP contribution < -0.4 is 5.32 Å². The van der Waals surface area contributed by atoms with Crippen molar-refractivity contribution in [3.05, 3.63) is 34.7 Å². The van der Waals surface area contributed by atoms with Crippen LogP contribution in [-0.4, -0.2) is 21.1 Å². The van der Waals surface area contributed by atoms with Crippen molar-refractivity contribution in [3.8, 4) is 0 Å². The number of nitrogens with zero attached hydrogens (tertiary/aromatic N) is 1. The molecule has 1 amide bonds. The van der Waals surface area contributed by atoms with Crippen molar-refractivity contribution in [2.45, 2.75) is 6.92 Å². The van der Waals surface area contributed by atoms with E-state index in [0.29, 0.717) is 16.5 Å². The monoisotopic (exact) mass is 224 g/mol. The molecule has 6 heteroatoms. The fraction of sp³-hybridized carbons (Fsp3) is 0.111. The summed E-state index contributed by atoms with van der Waals surface area (Å²) in [5.41, 5.74) is 1.29. The Balaban J connectivity index is 2.10. The Bertz CT molecular complexity index is 488. The van der Waals surface area contributed by atoms with Gasteiger partial charge in [0, 0.05) is 18.0 Å². The van der Waals surface area contributed by atoms with E-state index in [2.05, 4.69) is 20.5 Å². The van der Waals surface area contributed by atoms with Crippen molar-refractivity contribution in [1.29, 1.82) is 0 Å². The summed E-state index contributed by atoms with van der Waals surface area (Å²) >= 11 is 5.68. The highest BCUT2D eigenvalue weighted by atomic mass is 35.5. The number of anilines is 1. The fourth-order valence-electron chi connectivity index (χ4n) is 1.16. The lowest BCUT2D eigenvalue weighted by Crippen LogP contribution is -2.12. The Hall–Kier alpha value is -1.75. The topological polar surface area (TPSA) is 73.6 Å². The molecule has 0 aliphatic heterocycles. The van der Waals surface area contributed by atoms with E-state index in [1.807, 2.05) is 6.92 Å². The molecule has 15 heavy (non-hydrogen) atoms. The van der Waals surface area contributed by atoms with E-state index in [1.165, 1.54) is 0 Å². The number of carbonyl (C=O) groups is 1. The molecule has 0 aliphatic carbocycles. The summed E-state index contributed by atoms with van der Waals surface area (Å²) in [7, 11) is 0. The molecule has 3 N–H and O–H groups in total. The maximum absolute atomic E-state index is 11.6. The Labute approximate surface area is 90.8 Å². The van der Waals surface area contributed by atoms with Crippen LogP contribution in [0.4, 0.5) is 5.82 Å². The van der Waals surface area contributed by atoms with Crippen molar-refractivity contribution in [1.82, 2.24) is 15.2 Å². The number of amides is 1. The Morgan fingerprint density at radius 2 is 2.33 bits per heavy atom. The predicted molar refractivity (Wildman–Crippen MR) is 57.1 cm³/mol. The smallest absolute Gasteiger partial charge is 0.273 e. The summed E-state index contributed by atoms with van der Waals surface area (Å²) < 4.78 is 0. The first-order valence-electron chi connectivity index (χ1n) is 4.32. The Morgan fingerprint density at radius 3 is 2.87 bits per heavy atom. The average Bonchev–Trinajstić information content (AvgIpc) is 2.75. The van der Waals surface area contributed by atoms with Crippen molar-refractivity contribution in [3.63, 3.8) is 0 Å². The molecular weight excluding hydrogens is 216 g/mol. The number of nitrogens with one attached hydrogen (secondary N) is 3. The quantitative estimate of drug-likeness (QED) is 0.730. The van der Waals surface area contributed by atoms with Crippen LogP contribution >= 0.6 is 11.6 Å². The molecule has 0 saturated heterocycles. The first-order valence-corrected chi connectivity index (χ1v) is 4.70. The van der Waals surface area contributed by atoms with Crippen LogP contribution in [0.15, 0.2) is 18.3 Å². The van der Waals surface area contributed by atoms with Gasteiger partial charge >= 0.3 is 0 Å². The molecule has 0 unspecified atom stereocenters. The molecule has 0 spiro atoms. The van der Waals surface area contributed by atoms with Crippen LogP contribution in [0.3, 0.4) is 0 Å². The Kier molecular flexibility index (Phi) is 2.47. The van der Waals surface area contributed by atoms with Gasteiger partial charge in [-0.3, -0.25) is 9.89 Å². The molecule has 0 fully saturated rings. The molecule has 2 aromatic heterocycles. The first-order chi connectivity index (χ1) is 7.15. The summed E-state index contributed by atoms with van der Waals surface area (Å²) in [6, 6.07) is 3.29. The number of hydrogen-bond acceptors (Lipinski definition) is 2. The summed E-state index contributed by atoms with van der Waals surface area (Å²) in [4.78, 5) is 14.3. The minimum Gasteiger partial charge on any atom is -0.356 e. The van der Waals surface area contributed by atoms with E-state index in [9.17, 15) is 4.79 Å². The third-order valence-electron chi connectivity index (χ3n) is 1.84. The number of hydrogen-bond donors (Lipinski definition) is 3. The van der Waals surface area contributed by atoms with Crippen LogP contribution in [0, 0.1) is 6.92 Å². The van der Waals surface area contributed by atoms with E-state index >= 15 is 0 Å². The van der Waals surface area contributed by atoms with Gasteiger partial charge in [-0.1, -0.05) is 11.6 Å². The average molecular weight is 225 g/mol. The van der Waals surface area contributed by atoms with Crippen LogP contribution in [-0.2, 0) is 0 Å². The highest BCUT2D eigenvalue weighted by molar-refractivity contribution is 6.31. The van der Waals surface area contributed by atoms with Gasteiger partial charge in [-0.15, -0.1) is 0 Å². The van der Waals surface area contributed by atoms with Gasteiger partial charge in [-0.2, -0.15) is 5.10 Å². The van der Waals surface area contributed by atoms with Gasteiger partial charge in [0.05, 0.1) is 5.02 Å². The standard InChI is InChI=1S/C9H9ClN4O/c1-5-2-8(14-13-5)12-9(15)7-3-6(10)4-11-7/h2-4,11H,1H3,(H2,12,13,14,15). The third kappa shape index (κ3) is 2.19. The summed E-state index contributed by atoms with van der Waals surface area (Å²) in [5.74, 6) is 0.219. The number of carbonyl (C=O) groups excluding carboxylic acids is 1. The summed E-state index contributed by atoms with van der Waals surface area (Å²) in [5, 5.41) is 9.73. The predicted octanol–water partition coefficient (Wildman–Crippen LogP) is 1.95. The molecule has 78 valence electrons. The second-order valence-electron chi connectivity index (χ2n) is 3.12. The normalized spacial score (nSPS) is 10.3. The van der Waals surface area contributed by atoms with Crippen molar-refractivity contribution in [2.75, 3.05) is 5.32 Å². The van der Waals surface area contributed by atoms with Gasteiger partial charge in [0.1, 0.15) is 5.69 Å². The van der Waals surface area contributed by atoms with Gasteiger partial charge in [-0.25, -0.2) is 0 Å². The molecule has 2 aromatic rings. The van der Waals surface area contributed by atoms with Crippen molar-refractivity contribution >= 4 is 23.3 Å². The molecule has 0 aliphatic rings. The molecule has 0 atom stereocenters. The van der Waals surface area contributed by atoms with Crippen LogP contribution in [0.2, 0.25) is 5.02 Å². The molecule has 0 aromatic carbocycles. The van der Waals surface area contributed by atoms with Gasteiger partial charge in [0.2, 0.25) is 0 Å². The van der Waals surface area contributed by atoms with Gasteiger partial charge in [-0.05, 0) is 13.0 Å². The van der Waals surface area contributed by atoms with Crippen molar-refractivity contribution in [2.24, 2.45) is 0 Å². The number of halogens is 1. The largest absolute Gasteiger partial charge is 0.356 e. The van der Waals surface area contributed by atoms with E-state index in [0.717, 1.165) is 5.69 Å². The number of H-pyrrole nitrogens is 2. The van der Waals surface area contributed by atoms with Gasteiger partial charge in [0.15, 0.2) is 5.82 Å². The second kappa shape index (κ2) is 3.78. The summed E-state index contributed by atoms with van der Waals surface area (Å²) in [6.45, 7) is 1.86. The summed E-state index contributed by atoms with van der Waals surface area (Å²) in [6.07, 6.45) is 1.55. The molecule has 5 nitrogen and oxygen atoms in total. The van der Waals surface area contributed by atoms with E-state index in [4.69, 9.17) is 11.6 Å². The van der Waals surface area contributed by atoms with Crippen LogP contribution in [0.1, 0.15) is 16.2 Å². The minimum atomic E-state index is -0.270. The maximum atomic E-state index is 11.6. The molecule has 2 heterocycles. The highest BCUT2D eigenvalue weighted by Gasteiger charge is 2.09. The van der Waals surface area contributed by atoms with Crippen LogP contribution in [0.5, 0.6) is 0 Å². The van der Waals surface area contributed by atoms with Gasteiger partial charge < -0.3 is 10.3 Å². The van der Waals surface area contributed by atoms with Gasteiger partial charge in [0.25, 0.3) is 5.91 Å². The van der Waals surface area contributed by atoms with E-state index in [1.54, 1.807) is 18.3 Å². The second-order valence-corrected chi connectivity index (χ2v) is 3.56. The SMILES string of the molecule is Cc1cc(NC(=O)c2cc(Cl)c[nH]2)n[nH]1. The lowest BCUT2D eigenvalue weighted by atomic mass is 10.4. The highest BCUT2D eigenvalue weighted by Crippen LogP contribution is 2.11. The molecule has 0 radical (unpaired) electrons. The lowest BCUT2D eigenvalue weighted by Gasteiger charge is -1.97. The molecule has 0 saturated carbocycles. The van der Waals surface area contributed by atoms with E-state index in [-0.39, 0.29) is 5.91 Å². The Morgan fingerprint density at radius 1 is 1.53 bits per heavy atom. The number of aryl methyl sites for hydroxylation is 1. The van der Waals surface area contributed by atoms with Crippen LogP contribution in [0.25, 0.3) is 0 Å².